The third-order valence-electron chi connectivity index (χ3n) is 5.14. The van der Waals surface area contributed by atoms with E-state index in [1.807, 2.05) is 0 Å². The summed E-state index contributed by atoms with van der Waals surface area (Å²) < 4.78 is 4.95. The Kier molecular flexibility index (Phi) is 11.5. The predicted molar refractivity (Wildman–Crippen MR) is 128 cm³/mol. The molecule has 36 heavy (non-hydrogen) atoms. The number of carbonyl (C=O) groups excluding carboxylic acids is 2. The fourth-order valence-corrected chi connectivity index (χ4v) is 3.25. The molecule has 12 heteroatoms. The highest BCUT2D eigenvalue weighted by molar-refractivity contribution is 5.95. The molecular weight excluding hydrogens is 476 g/mol. The van der Waals surface area contributed by atoms with E-state index >= 15 is 0 Å². The average Bonchev–Trinajstić information content (AvgIpc) is 2.79. The number of ketones is 1. The number of aromatic carboxylic acids is 1. The van der Waals surface area contributed by atoms with Crippen molar-refractivity contribution in [2.24, 2.45) is 11.7 Å². The fraction of sp³-hybridized carbons (Fsp3) is 0.375. The van der Waals surface area contributed by atoms with E-state index in [1.165, 1.54) is 49.4 Å². The number of unbranched alkanes of at least 4 members (excludes halogenated alkanes) is 1. The molecule has 7 N–H and O–H groups in total. The quantitative estimate of drug-likeness (QED) is 0.143. The third kappa shape index (κ3) is 8.32. The summed E-state index contributed by atoms with van der Waals surface area (Å²) in [4.78, 5) is 55.5. The Bertz CT molecular complexity index is 1050. The summed E-state index contributed by atoms with van der Waals surface area (Å²) in [5.74, 6) is -6.22. The second-order valence-corrected chi connectivity index (χ2v) is 7.84. The molecule has 0 aliphatic heterocycles. The fourth-order valence-electron chi connectivity index (χ4n) is 3.25. The first-order valence-electron chi connectivity index (χ1n) is 10.9. The van der Waals surface area contributed by atoms with E-state index in [1.54, 1.807) is 0 Å². The van der Waals surface area contributed by atoms with Gasteiger partial charge < -0.3 is 36.2 Å². The van der Waals surface area contributed by atoms with Crippen LogP contribution in [-0.2, 0) is 19.2 Å². The van der Waals surface area contributed by atoms with Crippen molar-refractivity contribution in [3.63, 3.8) is 0 Å². The molecule has 3 unspecified atom stereocenters. The highest BCUT2D eigenvalue weighted by Gasteiger charge is 2.43. The Morgan fingerprint density at radius 1 is 1.08 bits per heavy atom. The number of benzene rings is 1. The lowest BCUT2D eigenvalue weighted by Gasteiger charge is -2.27. The van der Waals surface area contributed by atoms with E-state index < -0.39 is 47.2 Å². The predicted octanol–water partition coefficient (Wildman–Crippen LogP) is 1.44. The molecule has 1 aliphatic carbocycles. The van der Waals surface area contributed by atoms with Gasteiger partial charge in [0.25, 0.3) is 0 Å². The van der Waals surface area contributed by atoms with Gasteiger partial charge in [0.2, 0.25) is 0 Å². The molecule has 1 aromatic carbocycles. The number of allylic oxidation sites excluding steroid dienone is 2. The number of rotatable bonds is 11. The number of esters is 1. The second kappa shape index (κ2) is 13.8. The van der Waals surface area contributed by atoms with Crippen LogP contribution in [0.2, 0.25) is 0 Å². The van der Waals surface area contributed by atoms with Crippen LogP contribution in [0.5, 0.6) is 5.75 Å². The van der Waals surface area contributed by atoms with Gasteiger partial charge in [-0.3, -0.25) is 14.4 Å². The molecule has 0 bridgehead atoms. The number of nitrogens with one attached hydrogen (secondary N) is 1. The van der Waals surface area contributed by atoms with Crippen LogP contribution in [-0.4, -0.2) is 68.3 Å². The summed E-state index contributed by atoms with van der Waals surface area (Å²) in [7, 11) is 0. The summed E-state index contributed by atoms with van der Waals surface area (Å²) in [5.41, 5.74) is 3.41. The summed E-state index contributed by atoms with van der Waals surface area (Å²) in [5, 5.41) is 39.6. The number of anilines is 1. The summed E-state index contributed by atoms with van der Waals surface area (Å²) >= 11 is 0. The number of aliphatic hydroxyl groups is 1. The van der Waals surface area contributed by atoms with Crippen LogP contribution >= 0.6 is 0 Å². The van der Waals surface area contributed by atoms with Gasteiger partial charge in [-0.15, -0.1) is 0 Å². The maximum Gasteiger partial charge on any atom is 0.339 e. The van der Waals surface area contributed by atoms with E-state index in [2.05, 4.69) is 5.32 Å². The van der Waals surface area contributed by atoms with Crippen molar-refractivity contribution in [3.05, 3.63) is 48.1 Å². The second-order valence-electron chi connectivity index (χ2n) is 7.84. The molecule has 12 nitrogen and oxygen atoms in total. The molecule has 196 valence electrons. The largest absolute Gasteiger partial charge is 0.481 e. The summed E-state index contributed by atoms with van der Waals surface area (Å²) in [6, 6.07) is 3.23. The van der Waals surface area contributed by atoms with Crippen molar-refractivity contribution < 1.29 is 49.1 Å². The first kappa shape index (κ1) is 30.0. The molecular formula is C24H30N2O10. The zero-order valence-electron chi connectivity index (χ0n) is 19.8. The number of ether oxygens (including phenoxy) is 1. The SMILES string of the molecule is CC(=O)C1(O)C=CC=CC1C(=O)O.CC(=O)Oc1c(NC(CCCCN)C(=O)O)cccc1C(=O)O. The summed E-state index contributed by atoms with van der Waals surface area (Å²) in [6.45, 7) is 2.76. The minimum atomic E-state index is -1.89. The number of hydrogen-bond acceptors (Lipinski definition) is 9. The van der Waals surface area contributed by atoms with Gasteiger partial charge in [-0.2, -0.15) is 0 Å². The van der Waals surface area contributed by atoms with Crippen LogP contribution in [0.25, 0.3) is 0 Å². The zero-order valence-corrected chi connectivity index (χ0v) is 19.8. The van der Waals surface area contributed by atoms with E-state index in [0.29, 0.717) is 25.8 Å². The Morgan fingerprint density at radius 2 is 1.75 bits per heavy atom. The van der Waals surface area contributed by atoms with Crippen LogP contribution in [0.1, 0.15) is 43.5 Å². The minimum Gasteiger partial charge on any atom is -0.481 e. The molecule has 2 rings (SSSR count). The molecule has 0 spiro atoms. The molecule has 0 fully saturated rings. The number of carbonyl (C=O) groups is 5. The number of nitrogens with two attached hydrogens (primary N) is 1. The van der Waals surface area contributed by atoms with Crippen LogP contribution < -0.4 is 15.8 Å². The molecule has 0 saturated heterocycles. The third-order valence-corrected chi connectivity index (χ3v) is 5.14. The number of Topliss-reactive ketones (excluding diaryl/α,β-unsaturated/α-hetero) is 1. The van der Waals surface area contributed by atoms with Crippen LogP contribution in [0.4, 0.5) is 5.69 Å². The lowest BCUT2D eigenvalue weighted by atomic mass is 9.81. The van der Waals surface area contributed by atoms with Crippen LogP contribution in [0.3, 0.4) is 0 Å². The normalized spacial score (nSPS) is 18.8. The number of carboxylic acids is 3. The molecule has 0 radical (unpaired) electrons. The molecule has 1 aromatic rings. The van der Waals surface area contributed by atoms with Crippen molar-refractivity contribution in [1.82, 2.24) is 0 Å². The molecule has 0 aromatic heterocycles. The van der Waals surface area contributed by atoms with E-state index in [4.69, 9.17) is 15.6 Å². The highest BCUT2D eigenvalue weighted by atomic mass is 16.5. The average molecular weight is 507 g/mol. The number of hydrogen-bond donors (Lipinski definition) is 6. The monoisotopic (exact) mass is 506 g/mol. The Balaban J connectivity index is 0.000000420. The van der Waals surface area contributed by atoms with Crippen molar-refractivity contribution >= 4 is 35.3 Å². The molecule has 0 heterocycles. The highest BCUT2D eigenvalue weighted by Crippen LogP contribution is 2.30. The number of para-hydroxylation sites is 1. The van der Waals surface area contributed by atoms with E-state index in [0.717, 1.165) is 6.92 Å². The maximum absolute atomic E-state index is 11.3. The molecule has 1 aliphatic rings. The van der Waals surface area contributed by atoms with Gasteiger partial charge >= 0.3 is 23.9 Å². The van der Waals surface area contributed by atoms with Gasteiger partial charge in [0.1, 0.15) is 17.5 Å². The standard InChI is InChI=1S/C15H20N2O6.C9H10O4/c1-9(18)23-13-10(14(19)20)5-4-7-11(13)17-12(15(21)22)6-2-3-8-16;1-6(10)9(13)5-3-2-4-7(9)8(11)12/h4-5,7,12,17H,2-3,6,8,16H2,1H3,(H,19,20)(H,21,22);2-5,7,13H,1H3,(H,11,12). The molecule has 0 amide bonds. The molecule has 3 atom stereocenters. The van der Waals surface area contributed by atoms with Gasteiger partial charge in [0.05, 0.1) is 5.69 Å². The number of carboxylic acid groups (broad SMARTS) is 3. The van der Waals surface area contributed by atoms with Crippen LogP contribution in [0, 0.1) is 5.92 Å². The van der Waals surface area contributed by atoms with E-state index in [-0.39, 0.29) is 17.0 Å². The van der Waals surface area contributed by atoms with Gasteiger partial charge in [-0.05, 0) is 50.9 Å². The number of aliphatic carboxylic acids is 2. The van der Waals surface area contributed by atoms with Crippen molar-refractivity contribution in [1.29, 1.82) is 0 Å². The lowest BCUT2D eigenvalue weighted by Crippen LogP contribution is -2.46. The minimum absolute atomic E-state index is 0.139. The lowest BCUT2D eigenvalue weighted by molar-refractivity contribution is -0.152. The van der Waals surface area contributed by atoms with E-state index in [9.17, 15) is 39.3 Å². The van der Waals surface area contributed by atoms with Crippen molar-refractivity contribution in [2.45, 2.75) is 44.8 Å². The van der Waals surface area contributed by atoms with Gasteiger partial charge in [0.15, 0.2) is 17.1 Å². The first-order chi connectivity index (χ1) is 16.8. The summed E-state index contributed by atoms with van der Waals surface area (Å²) in [6.07, 6.45) is 7.04. The van der Waals surface area contributed by atoms with Crippen molar-refractivity contribution in [3.8, 4) is 5.75 Å². The Morgan fingerprint density at radius 3 is 2.22 bits per heavy atom. The molecule has 0 saturated carbocycles. The topological polar surface area (TPSA) is 214 Å². The van der Waals surface area contributed by atoms with Gasteiger partial charge in [-0.25, -0.2) is 9.59 Å². The van der Waals surface area contributed by atoms with Gasteiger partial charge in [-0.1, -0.05) is 24.3 Å². The first-order valence-corrected chi connectivity index (χ1v) is 10.9. The smallest absolute Gasteiger partial charge is 0.339 e. The zero-order chi connectivity index (χ0) is 27.5. The van der Waals surface area contributed by atoms with Crippen LogP contribution in [0.15, 0.2) is 42.5 Å². The van der Waals surface area contributed by atoms with Gasteiger partial charge in [0, 0.05) is 6.92 Å². The Labute approximate surface area is 207 Å². The van der Waals surface area contributed by atoms with Crippen molar-refractivity contribution in [2.75, 3.05) is 11.9 Å². The maximum atomic E-state index is 11.3. The Hall–Kier alpha value is -4.03.